The fourth-order valence-corrected chi connectivity index (χ4v) is 2.78. The largest absolute Gasteiger partial charge is 0.401 e. The summed E-state index contributed by atoms with van der Waals surface area (Å²) in [4.78, 5) is 9.25. The van der Waals surface area contributed by atoms with Crippen molar-refractivity contribution in [2.24, 2.45) is 16.6 Å². The zero-order valence-corrected chi connectivity index (χ0v) is 14.5. The number of nitrogens with two attached hydrogens (primary N) is 1. The lowest BCUT2D eigenvalue weighted by Gasteiger charge is -2.21. The molecule has 2 aliphatic rings. The molecule has 3 rings (SSSR count). The van der Waals surface area contributed by atoms with E-state index in [0.717, 1.165) is 41.1 Å². The van der Waals surface area contributed by atoms with Gasteiger partial charge in [0.05, 0.1) is 5.69 Å². The van der Waals surface area contributed by atoms with Crippen molar-refractivity contribution in [3.8, 4) is 0 Å². The molecule has 0 atom stereocenters. The van der Waals surface area contributed by atoms with E-state index in [1.54, 1.807) is 6.20 Å². The smallest absolute Gasteiger partial charge is 0.0755 e. The maximum Gasteiger partial charge on any atom is 0.0755 e. The summed E-state index contributed by atoms with van der Waals surface area (Å²) in [6, 6.07) is 2.73. The number of rotatable bonds is 7. The van der Waals surface area contributed by atoms with Crippen LogP contribution in [0, 0.1) is 11.3 Å². The van der Waals surface area contributed by atoms with Crippen LogP contribution in [0.25, 0.3) is 5.57 Å². The van der Waals surface area contributed by atoms with Gasteiger partial charge in [0.15, 0.2) is 0 Å². The number of anilines is 1. The molecule has 1 aromatic heterocycles. The zero-order chi connectivity index (χ0) is 17.1. The molecule has 0 radical (unpaired) electrons. The second-order valence-electron chi connectivity index (χ2n) is 7.11. The van der Waals surface area contributed by atoms with Crippen molar-refractivity contribution in [1.29, 1.82) is 5.41 Å². The second kappa shape index (κ2) is 7.16. The molecule has 0 aliphatic heterocycles. The van der Waals surface area contributed by atoms with Gasteiger partial charge in [0.1, 0.15) is 0 Å². The number of pyridine rings is 1. The lowest BCUT2D eigenvalue weighted by molar-refractivity contribution is 0.421. The fraction of sp³-hybridized carbons (Fsp3) is 0.526. The molecular formula is C19H27N5. The Morgan fingerprint density at radius 2 is 2.12 bits per heavy atom. The van der Waals surface area contributed by atoms with Gasteiger partial charge in [-0.1, -0.05) is 0 Å². The molecule has 0 amide bonds. The van der Waals surface area contributed by atoms with E-state index in [-0.39, 0.29) is 6.04 Å². The molecule has 5 heteroatoms. The summed E-state index contributed by atoms with van der Waals surface area (Å²) in [5.74, 6) is 0.471. The monoisotopic (exact) mass is 325 g/mol. The molecule has 1 heterocycles. The van der Waals surface area contributed by atoms with Gasteiger partial charge >= 0.3 is 0 Å². The fourth-order valence-electron chi connectivity index (χ4n) is 2.78. The summed E-state index contributed by atoms with van der Waals surface area (Å²) in [6.45, 7) is 4.17. The van der Waals surface area contributed by atoms with Crippen molar-refractivity contribution in [3.63, 3.8) is 0 Å². The first-order valence-corrected chi connectivity index (χ1v) is 8.88. The van der Waals surface area contributed by atoms with Crippen LogP contribution in [0.15, 0.2) is 23.0 Å². The molecule has 0 spiro atoms. The normalized spacial score (nSPS) is 19.3. The summed E-state index contributed by atoms with van der Waals surface area (Å²) in [5.41, 5.74) is 10.8. The summed E-state index contributed by atoms with van der Waals surface area (Å²) in [5, 5.41) is 11.0. The highest BCUT2D eigenvalue weighted by molar-refractivity contribution is 6.10. The summed E-state index contributed by atoms with van der Waals surface area (Å²) in [7, 11) is 0. The van der Waals surface area contributed by atoms with Crippen LogP contribution in [0.1, 0.15) is 57.2 Å². The SMILES string of the molecule is CC(C)Nc1cc(C(C=NC2CCC2)=C(N)C2CC2)ncc1C=N. The number of allylic oxidation sites excluding steroid dienone is 2. The average Bonchev–Trinajstić information content (AvgIpc) is 3.33. The van der Waals surface area contributed by atoms with Gasteiger partial charge < -0.3 is 16.5 Å². The van der Waals surface area contributed by atoms with E-state index in [1.807, 2.05) is 12.3 Å². The van der Waals surface area contributed by atoms with Crippen molar-refractivity contribution in [2.45, 2.75) is 58.0 Å². The number of hydrogen-bond donors (Lipinski definition) is 3. The van der Waals surface area contributed by atoms with E-state index in [9.17, 15) is 0 Å². The van der Waals surface area contributed by atoms with E-state index in [2.05, 4.69) is 24.1 Å². The lowest BCUT2D eigenvalue weighted by Crippen LogP contribution is -2.16. The van der Waals surface area contributed by atoms with E-state index < -0.39 is 0 Å². The van der Waals surface area contributed by atoms with E-state index in [0.29, 0.717) is 12.0 Å². The molecule has 4 N–H and O–H groups in total. The molecule has 2 fully saturated rings. The van der Waals surface area contributed by atoms with Crippen LogP contribution in [0.4, 0.5) is 5.69 Å². The van der Waals surface area contributed by atoms with E-state index in [1.165, 1.54) is 25.5 Å². The van der Waals surface area contributed by atoms with Gasteiger partial charge in [0, 0.05) is 53.2 Å². The third-order valence-corrected chi connectivity index (χ3v) is 4.63. The number of aliphatic imine (C=N–C) groups is 1. The first kappa shape index (κ1) is 16.7. The third kappa shape index (κ3) is 3.83. The van der Waals surface area contributed by atoms with Crippen molar-refractivity contribution >= 4 is 23.7 Å². The van der Waals surface area contributed by atoms with Crippen LogP contribution in [0.3, 0.4) is 0 Å². The Balaban J connectivity index is 1.95. The molecule has 5 nitrogen and oxygen atoms in total. The standard InChI is InChI=1S/C19H27N5/c1-12(2)24-17-8-18(23-10-14(17)9-20)16(19(21)13-6-7-13)11-22-15-4-3-5-15/h8-13,15,20H,3-7,21H2,1-2H3,(H,23,24). The highest BCUT2D eigenvalue weighted by Crippen LogP contribution is 2.37. The molecule has 0 saturated heterocycles. The van der Waals surface area contributed by atoms with Gasteiger partial charge in [-0.15, -0.1) is 0 Å². The Labute approximate surface area is 144 Å². The third-order valence-electron chi connectivity index (χ3n) is 4.63. The number of nitrogens with zero attached hydrogens (tertiary/aromatic N) is 2. The first-order chi connectivity index (χ1) is 11.6. The average molecular weight is 325 g/mol. The van der Waals surface area contributed by atoms with Crippen LogP contribution in [0.2, 0.25) is 0 Å². The van der Waals surface area contributed by atoms with Crippen molar-refractivity contribution in [1.82, 2.24) is 4.98 Å². The van der Waals surface area contributed by atoms with Gasteiger partial charge in [-0.3, -0.25) is 9.98 Å². The molecule has 0 bridgehead atoms. The number of nitrogens with one attached hydrogen (secondary N) is 2. The van der Waals surface area contributed by atoms with E-state index >= 15 is 0 Å². The minimum atomic E-state index is 0.288. The number of aromatic nitrogens is 1. The number of hydrogen-bond acceptors (Lipinski definition) is 5. The molecule has 128 valence electrons. The van der Waals surface area contributed by atoms with Crippen LogP contribution >= 0.6 is 0 Å². The highest BCUT2D eigenvalue weighted by atomic mass is 14.9. The summed E-state index contributed by atoms with van der Waals surface area (Å²) in [6.07, 6.45) is 10.9. The Morgan fingerprint density at radius 1 is 1.38 bits per heavy atom. The first-order valence-electron chi connectivity index (χ1n) is 8.88. The van der Waals surface area contributed by atoms with Crippen molar-refractivity contribution in [2.75, 3.05) is 5.32 Å². The highest BCUT2D eigenvalue weighted by Gasteiger charge is 2.27. The quantitative estimate of drug-likeness (QED) is 0.669. The molecule has 2 aliphatic carbocycles. The molecule has 0 aromatic carbocycles. The van der Waals surface area contributed by atoms with Crippen LogP contribution in [-0.4, -0.2) is 29.5 Å². The Hall–Kier alpha value is -2.17. The predicted octanol–water partition coefficient (Wildman–Crippen LogP) is 3.60. The molecule has 0 unspecified atom stereocenters. The van der Waals surface area contributed by atoms with E-state index in [4.69, 9.17) is 16.1 Å². The van der Waals surface area contributed by atoms with Gasteiger partial charge in [-0.05, 0) is 57.9 Å². The van der Waals surface area contributed by atoms with Crippen molar-refractivity contribution in [3.05, 3.63) is 29.2 Å². The predicted molar refractivity (Wildman–Crippen MR) is 101 cm³/mol. The maximum atomic E-state index is 7.57. The van der Waals surface area contributed by atoms with Crippen LogP contribution < -0.4 is 11.1 Å². The Bertz CT molecular complexity index is 666. The molecule has 2 saturated carbocycles. The molecule has 1 aromatic rings. The van der Waals surface area contributed by atoms with Gasteiger partial charge in [-0.2, -0.15) is 0 Å². The second-order valence-corrected chi connectivity index (χ2v) is 7.11. The van der Waals surface area contributed by atoms with Crippen LogP contribution in [-0.2, 0) is 0 Å². The van der Waals surface area contributed by atoms with Crippen LogP contribution in [0.5, 0.6) is 0 Å². The van der Waals surface area contributed by atoms with Gasteiger partial charge in [-0.25, -0.2) is 0 Å². The Morgan fingerprint density at radius 3 is 2.67 bits per heavy atom. The Kier molecular flexibility index (Phi) is 4.97. The zero-order valence-electron chi connectivity index (χ0n) is 14.5. The topological polar surface area (TPSA) is 87.2 Å². The minimum Gasteiger partial charge on any atom is -0.401 e. The summed E-state index contributed by atoms with van der Waals surface area (Å²) < 4.78 is 0. The molecule has 24 heavy (non-hydrogen) atoms. The maximum absolute atomic E-state index is 7.57. The van der Waals surface area contributed by atoms with Gasteiger partial charge in [0.2, 0.25) is 0 Å². The van der Waals surface area contributed by atoms with Gasteiger partial charge in [0.25, 0.3) is 0 Å². The minimum absolute atomic E-state index is 0.288. The van der Waals surface area contributed by atoms with Crippen molar-refractivity contribution < 1.29 is 0 Å². The molecular weight excluding hydrogens is 298 g/mol. The summed E-state index contributed by atoms with van der Waals surface area (Å²) >= 11 is 0. The lowest BCUT2D eigenvalue weighted by atomic mass is 9.94.